The average Bonchev–Trinajstić information content (AvgIpc) is 0.943. The Balaban J connectivity index is 0. The normalized spacial score (nSPS) is 15.5. The van der Waals surface area contributed by atoms with Gasteiger partial charge in [0.05, 0.1) is 98.3 Å². The molecule has 0 fully saturated rings. The molecule has 784 valence electrons. The Kier molecular flexibility index (Phi) is 87.6. The van der Waals surface area contributed by atoms with E-state index in [0.717, 1.165) is 309 Å². The van der Waals surface area contributed by atoms with Crippen LogP contribution in [0.2, 0.25) is 0 Å². The quantitative estimate of drug-likeness (QED) is 0.0414. The Morgan fingerprint density at radius 2 is 0.546 bits per heavy atom. The molecule has 0 aromatic carbocycles. The molecule has 0 heterocycles. The molecule has 130 heavy (non-hydrogen) atoms. The highest BCUT2D eigenvalue weighted by atomic mass is 31.2. The molecule has 0 amide bonds. The van der Waals surface area contributed by atoms with Crippen molar-refractivity contribution in [3.8, 4) is 0 Å². The van der Waals surface area contributed by atoms with Gasteiger partial charge in [0.2, 0.25) is 0 Å². The second-order valence-corrected chi connectivity index (χ2v) is 51.8. The largest absolute Gasteiger partial charge is 0.472 e. The minimum absolute atomic E-state index is 0.00850. The number of aliphatic hydroxyl groups excluding tert-OH is 1. The molecule has 0 spiro atoms. The second-order valence-electron chi connectivity index (χ2n) is 39.5. The summed E-state index contributed by atoms with van der Waals surface area (Å²) in [4.78, 5) is 32.4. The molecule has 0 aromatic heterocycles. The summed E-state index contributed by atoms with van der Waals surface area (Å²) in [5, 5.41) is 11.5. The van der Waals surface area contributed by atoms with E-state index in [1.54, 1.807) is 0 Å². The van der Waals surface area contributed by atoms with E-state index in [-0.39, 0.29) is 86.9 Å². The Morgan fingerprint density at radius 3 is 0.815 bits per heavy atom. The third-order valence-corrected chi connectivity index (χ3v) is 39.1. The van der Waals surface area contributed by atoms with E-state index in [1.165, 1.54) is 77.0 Å². The van der Waals surface area contributed by atoms with Crippen LogP contribution in [0.1, 0.15) is 471 Å². The minimum Gasteiger partial charge on any atom is -0.388 e. The van der Waals surface area contributed by atoms with Crippen LogP contribution < -0.4 is 0 Å². The summed E-state index contributed by atoms with van der Waals surface area (Å²) in [7, 11) is -11.4. The number of ether oxygens (including phenoxy) is 6. The van der Waals surface area contributed by atoms with E-state index in [0.29, 0.717) is 60.7 Å². The molecular formula is C103H216FO19P7. The van der Waals surface area contributed by atoms with Gasteiger partial charge in [0, 0.05) is 25.3 Å². The fraction of sp³-hybridized carbons (Fsp3) is 1.00. The first kappa shape index (κ1) is 134. The lowest BCUT2D eigenvalue weighted by molar-refractivity contribution is -0.0507. The first-order chi connectivity index (χ1) is 62.5. The van der Waals surface area contributed by atoms with Crippen LogP contribution in [0.15, 0.2) is 0 Å². The van der Waals surface area contributed by atoms with Gasteiger partial charge in [-0.15, -0.1) is 17.2 Å². The molecule has 0 saturated carbocycles. The van der Waals surface area contributed by atoms with Crippen molar-refractivity contribution >= 4 is 57.1 Å². The average molecular weight is 1990 g/mol. The van der Waals surface area contributed by atoms with Crippen molar-refractivity contribution in [1.29, 1.82) is 0 Å². The molecule has 0 rings (SSSR count). The molecule has 27 heteroatoms. The first-order valence-corrected chi connectivity index (χ1v) is 64.1. The molecular weight excluding hydrogens is 1780 g/mol. The minimum atomic E-state index is -5.04. The zero-order valence-corrected chi connectivity index (χ0v) is 95.0. The van der Waals surface area contributed by atoms with E-state index >= 15 is 8.96 Å². The summed E-state index contributed by atoms with van der Waals surface area (Å²) in [6, 6.07) is 0. The smallest absolute Gasteiger partial charge is 0.388 e. The molecule has 0 aliphatic rings. The standard InChI is InChI=1S/C101H209FO15P6.C2H7O4P/c1-19-37-55-96(56-38-20-2,57-39-21-3)82-108-73-91(103)74-114-122(104,105)116-92(75-109-83-97(58-40-22-4,59-41-23-5)60-42-24-6)77-115-123(106,107)117-93(76-110-84-98(61-43-25-7,62-44-26-8)63-45-27-9)80-119-95(79-112-86-100(67-49-31-13,68-50-32-14)69-51-33-15)120-90-121(89-113-87-101(70-52-34-16,71-53-35-17)72-54-36-18)94(81-118-88-102)78-111-85-99(64-46-28-10,65-47-29-11)66-48-30-12;1-5-7(3,4)6-2/h91-95,103,118-120H,19-90H2,1-18H3,(H,104,105)(H,106,107);1-2H3,(H,3,4). The van der Waals surface area contributed by atoms with Gasteiger partial charge in [-0.1, -0.05) is 372 Å². The summed E-state index contributed by atoms with van der Waals surface area (Å²) in [5.41, 5.74) is 0.260. The molecule has 0 bridgehead atoms. The van der Waals surface area contributed by atoms with Crippen LogP contribution in [-0.4, -0.2) is 180 Å². The Hall–Kier alpha value is 1.70. The highest BCUT2D eigenvalue weighted by Gasteiger charge is 2.40. The first-order valence-electron chi connectivity index (χ1n) is 53.9. The van der Waals surface area contributed by atoms with Crippen molar-refractivity contribution in [3.05, 3.63) is 0 Å². The predicted molar refractivity (Wildman–Crippen MR) is 562 cm³/mol. The third kappa shape index (κ3) is 66.5. The van der Waals surface area contributed by atoms with Crippen LogP contribution in [-0.2, 0) is 69.3 Å². The maximum absolute atomic E-state index is 15.3. The van der Waals surface area contributed by atoms with Crippen molar-refractivity contribution < 1.29 is 93.4 Å². The molecule has 0 saturated heterocycles. The van der Waals surface area contributed by atoms with Crippen molar-refractivity contribution in [3.63, 3.8) is 0 Å². The van der Waals surface area contributed by atoms with E-state index in [4.69, 9.17) is 51.4 Å². The van der Waals surface area contributed by atoms with Gasteiger partial charge in [0.1, 0.15) is 18.6 Å². The number of hydrogen-bond acceptors (Lipinski definition) is 16. The van der Waals surface area contributed by atoms with Gasteiger partial charge < -0.3 is 48.2 Å². The molecule has 11 unspecified atom stereocenters. The zero-order valence-electron chi connectivity index (χ0n) is 88.4. The molecule has 19 nitrogen and oxygen atoms in total. The molecule has 0 radical (unpaired) electrons. The van der Waals surface area contributed by atoms with Gasteiger partial charge >= 0.3 is 23.5 Å². The number of phosphoric acid groups is 3. The zero-order chi connectivity index (χ0) is 97.5. The maximum Gasteiger partial charge on any atom is 0.472 e. The number of halogens is 1. The van der Waals surface area contributed by atoms with Gasteiger partial charge in [-0.3, -0.25) is 27.1 Å². The molecule has 0 aromatic rings. The SMILES string of the molecule is CCCCC(CCCC)(CCCC)COCC(O)COP(=O)(O)OC(COCC(CCCC)(CCCC)CCCC)COP(=O)(O)OC(COCC(CCCC)(CCCC)CCCC)CPC(COCC(CCCC)(CCCC)CCCC)PCP(COCC(CCCC)(CCCC)CCCC)C(COCC(CCCC)(CCCC)CCCC)CPCF.COP(=O)(O)OC. The van der Waals surface area contributed by atoms with E-state index < -0.39 is 62.9 Å². The lowest BCUT2D eigenvalue weighted by Crippen LogP contribution is -2.33. The number of rotatable bonds is 100. The topological polar surface area (TPSA) is 243 Å². The van der Waals surface area contributed by atoms with Gasteiger partial charge in [0.15, 0.2) is 0 Å². The Labute approximate surface area is 810 Å². The number of alkyl halides is 1. The third-order valence-electron chi connectivity index (χ3n) is 27.3. The Morgan fingerprint density at radius 1 is 0.300 bits per heavy atom. The fourth-order valence-corrected chi connectivity index (χ4v) is 29.7. The lowest BCUT2D eigenvalue weighted by Gasteiger charge is -2.37. The molecule has 0 aliphatic heterocycles. The van der Waals surface area contributed by atoms with Crippen LogP contribution in [0, 0.1) is 32.5 Å². The molecule has 11 atom stereocenters. The van der Waals surface area contributed by atoms with E-state index in [2.05, 4.69) is 134 Å². The number of unbranched alkanes of at least 4 members (excludes halogenated alkanes) is 18. The van der Waals surface area contributed by atoms with Gasteiger partial charge in [0.25, 0.3) is 0 Å². The Bertz CT molecular complexity index is 2490. The number of hydrogen-bond donors (Lipinski definition) is 4. The van der Waals surface area contributed by atoms with Crippen molar-refractivity contribution in [2.75, 3.05) is 131 Å². The second kappa shape index (κ2) is 85.1. The fourth-order valence-electron chi connectivity index (χ4n) is 18.5. The maximum atomic E-state index is 15.3. The van der Waals surface area contributed by atoms with E-state index in [9.17, 15) is 24.0 Å². The number of phosphoric ester groups is 3. The highest BCUT2D eigenvalue weighted by molar-refractivity contribution is 7.72. The molecule has 0 aliphatic carbocycles. The lowest BCUT2D eigenvalue weighted by atomic mass is 9.75. The van der Waals surface area contributed by atoms with E-state index in [1.807, 2.05) is 0 Å². The van der Waals surface area contributed by atoms with Gasteiger partial charge in [-0.2, -0.15) is 0 Å². The van der Waals surface area contributed by atoms with Crippen molar-refractivity contribution in [2.24, 2.45) is 32.5 Å². The van der Waals surface area contributed by atoms with Gasteiger partial charge in [-0.25, -0.2) is 18.1 Å². The van der Waals surface area contributed by atoms with Gasteiger partial charge in [-0.05, 0) is 166 Å². The van der Waals surface area contributed by atoms with Crippen LogP contribution in [0.3, 0.4) is 0 Å². The number of aliphatic hydroxyl groups is 1. The molecule has 4 N–H and O–H groups in total. The monoisotopic (exact) mass is 1990 g/mol. The summed E-state index contributed by atoms with van der Waals surface area (Å²) >= 11 is 0. The van der Waals surface area contributed by atoms with Crippen LogP contribution >= 0.6 is 57.1 Å². The summed E-state index contributed by atoms with van der Waals surface area (Å²) in [6.45, 7) is 44.2. The van der Waals surface area contributed by atoms with Crippen LogP contribution in [0.4, 0.5) is 4.39 Å². The van der Waals surface area contributed by atoms with Crippen LogP contribution in [0.5, 0.6) is 0 Å². The summed E-state index contributed by atoms with van der Waals surface area (Å²) in [6.07, 6.45) is 57.8. The van der Waals surface area contributed by atoms with Crippen molar-refractivity contribution in [2.45, 2.75) is 501 Å². The predicted octanol–water partition coefficient (Wildman–Crippen LogP) is 33.2. The summed E-state index contributed by atoms with van der Waals surface area (Å²) in [5.74, 6) is 0.925. The highest BCUT2D eigenvalue weighted by Crippen LogP contribution is 2.55. The summed E-state index contributed by atoms with van der Waals surface area (Å²) < 4.78 is 129. The van der Waals surface area contributed by atoms with Crippen LogP contribution in [0.25, 0.3) is 0 Å². The van der Waals surface area contributed by atoms with Crippen molar-refractivity contribution in [1.82, 2.24) is 0 Å².